The van der Waals surface area contributed by atoms with Crippen molar-refractivity contribution in [1.82, 2.24) is 0 Å². The molecule has 7 heteroatoms. The third-order valence-corrected chi connectivity index (χ3v) is 5.99. The van der Waals surface area contributed by atoms with Crippen LogP contribution in [0.3, 0.4) is 0 Å². The average molecular weight is 489 g/mol. The fraction of sp³-hybridized carbons (Fsp3) is 0.269. The molecule has 1 heterocycles. The van der Waals surface area contributed by atoms with Crippen LogP contribution >= 0.6 is 23.2 Å². The lowest BCUT2D eigenvalue weighted by molar-refractivity contribution is 0.396. The zero-order valence-electron chi connectivity index (χ0n) is 19.2. The van der Waals surface area contributed by atoms with Crippen molar-refractivity contribution < 1.29 is 19.4 Å². The molecule has 2 N–H and O–H groups in total. The Morgan fingerprint density at radius 2 is 1.58 bits per heavy atom. The van der Waals surface area contributed by atoms with Crippen LogP contribution in [0.25, 0.3) is 22.3 Å². The summed E-state index contributed by atoms with van der Waals surface area (Å²) in [5.74, 6) is -0.386. The zero-order chi connectivity index (χ0) is 24.4. The Balaban J connectivity index is 2.47. The van der Waals surface area contributed by atoms with Gasteiger partial charge in [-0.25, -0.2) is 0 Å². The number of phenols is 2. The molecule has 33 heavy (non-hydrogen) atoms. The van der Waals surface area contributed by atoms with Gasteiger partial charge in [0.1, 0.15) is 22.5 Å². The summed E-state index contributed by atoms with van der Waals surface area (Å²) in [6.45, 7) is 7.70. The number of hydrogen-bond donors (Lipinski definition) is 2. The number of halogens is 2. The van der Waals surface area contributed by atoms with Gasteiger partial charge >= 0.3 is 0 Å². The van der Waals surface area contributed by atoms with Gasteiger partial charge < -0.3 is 19.4 Å². The van der Waals surface area contributed by atoms with E-state index in [9.17, 15) is 15.0 Å². The Labute approximate surface area is 202 Å². The van der Waals surface area contributed by atoms with Gasteiger partial charge in [0, 0.05) is 16.7 Å². The molecule has 1 aromatic heterocycles. The Morgan fingerprint density at radius 3 is 2.12 bits per heavy atom. The highest BCUT2D eigenvalue weighted by atomic mass is 35.5. The van der Waals surface area contributed by atoms with Crippen LogP contribution in [0.1, 0.15) is 38.8 Å². The van der Waals surface area contributed by atoms with Crippen molar-refractivity contribution in [3.63, 3.8) is 0 Å². The lowest BCUT2D eigenvalue weighted by Gasteiger charge is -2.16. The molecule has 0 amide bonds. The van der Waals surface area contributed by atoms with E-state index in [2.05, 4.69) is 0 Å². The van der Waals surface area contributed by atoms with Crippen molar-refractivity contribution >= 4 is 34.2 Å². The predicted octanol–water partition coefficient (Wildman–Crippen LogP) is 7.20. The summed E-state index contributed by atoms with van der Waals surface area (Å²) < 4.78 is 11.6. The predicted molar refractivity (Wildman–Crippen MR) is 134 cm³/mol. The van der Waals surface area contributed by atoms with Crippen molar-refractivity contribution in [2.24, 2.45) is 0 Å². The molecule has 0 aliphatic heterocycles. The summed E-state index contributed by atoms with van der Waals surface area (Å²) in [5.41, 5.74) is 2.73. The maximum absolute atomic E-state index is 13.5. The first-order chi connectivity index (χ1) is 15.6. The highest BCUT2D eigenvalue weighted by Crippen LogP contribution is 2.43. The molecule has 0 aliphatic carbocycles. The zero-order valence-corrected chi connectivity index (χ0v) is 20.7. The van der Waals surface area contributed by atoms with Crippen LogP contribution in [0.4, 0.5) is 0 Å². The molecule has 0 saturated heterocycles. The van der Waals surface area contributed by atoms with E-state index in [0.29, 0.717) is 22.6 Å². The fourth-order valence-corrected chi connectivity index (χ4v) is 3.81. The first-order valence-electron chi connectivity index (χ1n) is 10.4. The maximum atomic E-state index is 13.5. The molecule has 174 valence electrons. The second-order valence-corrected chi connectivity index (χ2v) is 9.07. The topological polar surface area (TPSA) is 79.9 Å². The van der Waals surface area contributed by atoms with Crippen LogP contribution in [0, 0.1) is 0 Å². The summed E-state index contributed by atoms with van der Waals surface area (Å²) in [7, 11) is 1.35. The van der Waals surface area contributed by atoms with Gasteiger partial charge in [0.25, 0.3) is 0 Å². The third-order valence-electron chi connectivity index (χ3n) is 5.25. The molecule has 3 rings (SSSR count). The van der Waals surface area contributed by atoms with Crippen LogP contribution in [-0.2, 0) is 12.8 Å². The molecular weight excluding hydrogens is 463 g/mol. The Hall–Kier alpha value is -2.89. The van der Waals surface area contributed by atoms with E-state index >= 15 is 0 Å². The molecule has 0 unspecified atom stereocenters. The fourth-order valence-electron chi connectivity index (χ4n) is 3.51. The summed E-state index contributed by atoms with van der Waals surface area (Å²) in [5, 5.41) is 22.7. The molecule has 0 radical (unpaired) electrons. The smallest absolute Gasteiger partial charge is 0.239 e. The molecule has 0 spiro atoms. The molecule has 0 saturated carbocycles. The second-order valence-electron chi connectivity index (χ2n) is 8.25. The number of ether oxygens (including phenoxy) is 1. The maximum Gasteiger partial charge on any atom is 0.239 e. The number of allylic oxidation sites excluding steroid dienone is 4. The largest absolute Gasteiger partial charge is 0.507 e. The van der Waals surface area contributed by atoms with Crippen molar-refractivity contribution in [3.8, 4) is 28.6 Å². The van der Waals surface area contributed by atoms with Crippen molar-refractivity contribution in [2.45, 2.75) is 40.5 Å². The van der Waals surface area contributed by atoms with E-state index in [4.69, 9.17) is 32.4 Å². The van der Waals surface area contributed by atoms with E-state index in [1.54, 1.807) is 18.2 Å². The van der Waals surface area contributed by atoms with Gasteiger partial charge in [-0.2, -0.15) is 0 Å². The highest BCUT2D eigenvalue weighted by Gasteiger charge is 2.26. The second kappa shape index (κ2) is 9.94. The Kier molecular flexibility index (Phi) is 7.45. The normalized spacial score (nSPS) is 10.9. The summed E-state index contributed by atoms with van der Waals surface area (Å²) in [6.07, 6.45) is 4.35. The first-order valence-corrected chi connectivity index (χ1v) is 11.1. The number of hydrogen-bond acceptors (Lipinski definition) is 5. The number of fused-ring (bicyclic) bond motifs is 1. The highest BCUT2D eigenvalue weighted by molar-refractivity contribution is 6.42. The Morgan fingerprint density at radius 1 is 0.970 bits per heavy atom. The van der Waals surface area contributed by atoms with Crippen LogP contribution in [0.5, 0.6) is 17.2 Å². The number of phenolic OH excluding ortho intramolecular Hbond substituents is 2. The third kappa shape index (κ3) is 4.90. The minimum atomic E-state index is -0.547. The Bertz CT molecular complexity index is 1340. The summed E-state index contributed by atoms with van der Waals surface area (Å²) >= 11 is 12.2. The molecular formula is C26H26Cl2O5. The lowest BCUT2D eigenvalue weighted by atomic mass is 9.96. The van der Waals surface area contributed by atoms with Gasteiger partial charge in [0.2, 0.25) is 11.2 Å². The van der Waals surface area contributed by atoms with Gasteiger partial charge in [-0.1, -0.05) is 46.5 Å². The van der Waals surface area contributed by atoms with Crippen LogP contribution in [-0.4, -0.2) is 17.3 Å². The number of methoxy groups -OCH3 is 1. The van der Waals surface area contributed by atoms with E-state index in [0.717, 1.165) is 11.1 Å². The molecule has 3 aromatic rings. The minimum absolute atomic E-state index is 0.0391. The van der Waals surface area contributed by atoms with Gasteiger partial charge in [0.05, 0.1) is 17.2 Å². The minimum Gasteiger partial charge on any atom is -0.507 e. The van der Waals surface area contributed by atoms with Gasteiger partial charge in [-0.3, -0.25) is 4.79 Å². The number of rotatable bonds is 6. The van der Waals surface area contributed by atoms with Crippen molar-refractivity contribution in [2.75, 3.05) is 7.11 Å². The van der Waals surface area contributed by atoms with Crippen molar-refractivity contribution in [1.29, 1.82) is 0 Å². The quantitative estimate of drug-likeness (QED) is 0.358. The summed E-state index contributed by atoms with van der Waals surface area (Å²) in [6, 6.07) is 4.80. The van der Waals surface area contributed by atoms with Crippen LogP contribution in [0.2, 0.25) is 10.0 Å². The summed E-state index contributed by atoms with van der Waals surface area (Å²) in [4.78, 5) is 13.5. The van der Waals surface area contributed by atoms with Crippen LogP contribution in [0.15, 0.2) is 50.7 Å². The number of aromatic hydroxyl groups is 2. The molecule has 2 aromatic carbocycles. The average Bonchev–Trinajstić information content (AvgIpc) is 2.74. The van der Waals surface area contributed by atoms with Gasteiger partial charge in [-0.05, 0) is 58.7 Å². The van der Waals surface area contributed by atoms with E-state index in [-0.39, 0.29) is 51.0 Å². The van der Waals surface area contributed by atoms with E-state index in [1.165, 1.54) is 7.11 Å². The molecule has 5 nitrogen and oxygen atoms in total. The monoisotopic (exact) mass is 488 g/mol. The first kappa shape index (κ1) is 24.7. The molecule has 0 fully saturated rings. The van der Waals surface area contributed by atoms with E-state index < -0.39 is 5.43 Å². The molecule has 0 aliphatic rings. The molecule has 0 bridgehead atoms. The van der Waals surface area contributed by atoms with Crippen LogP contribution < -0.4 is 10.2 Å². The van der Waals surface area contributed by atoms with E-state index in [1.807, 2.05) is 39.8 Å². The standard InChI is InChI=1S/C26H26Cl2O5/c1-13(2)6-9-16-21(29)17(10-7-14(3)4)25-20(22(16)30)23(31)26(32-5)24(33-25)15-8-11-18(27)19(28)12-15/h6-8,11-12,29-30H,9-10H2,1-5H3. The number of benzene rings is 2. The SMILES string of the molecule is COc1c(-c2ccc(Cl)c(Cl)c2)oc2c(CC=C(C)C)c(O)c(CC=C(C)C)c(O)c2c1=O. The van der Waals surface area contributed by atoms with Crippen molar-refractivity contribution in [3.05, 3.63) is 72.9 Å². The lowest BCUT2D eigenvalue weighted by Crippen LogP contribution is -2.10. The van der Waals surface area contributed by atoms with Gasteiger partial charge in [0.15, 0.2) is 5.76 Å². The molecule has 0 atom stereocenters. The van der Waals surface area contributed by atoms with Gasteiger partial charge in [-0.15, -0.1) is 0 Å².